The van der Waals surface area contributed by atoms with Crippen molar-refractivity contribution in [2.24, 2.45) is 5.92 Å². The molecule has 1 heterocycles. The molecule has 0 saturated carbocycles. The summed E-state index contributed by atoms with van der Waals surface area (Å²) in [6, 6.07) is 3.70. The Hall–Kier alpha value is -1.00. The molecule has 1 aliphatic heterocycles. The molecule has 1 fully saturated rings. The highest BCUT2D eigenvalue weighted by Gasteiger charge is 2.24. The molecule has 2 nitrogen and oxygen atoms in total. The van der Waals surface area contributed by atoms with Gasteiger partial charge in [0.05, 0.1) is 0 Å². The topological polar surface area (TPSA) is 21.3 Å². The van der Waals surface area contributed by atoms with Crippen LogP contribution in [0.5, 0.6) is 0 Å². The second-order valence-electron chi connectivity index (χ2n) is 4.42. The van der Waals surface area contributed by atoms with E-state index in [1.165, 1.54) is 12.1 Å². The third kappa shape index (κ3) is 3.01. The van der Waals surface area contributed by atoms with Gasteiger partial charge in [-0.25, -0.2) is 8.78 Å². The van der Waals surface area contributed by atoms with Crippen molar-refractivity contribution in [3.05, 3.63) is 35.4 Å². The summed E-state index contributed by atoms with van der Waals surface area (Å²) in [7, 11) is 1.82. The number of hydrogen-bond donors (Lipinski definition) is 1. The first-order valence-corrected chi connectivity index (χ1v) is 5.91. The fraction of sp³-hybridized carbons (Fsp3) is 0.538. The van der Waals surface area contributed by atoms with Crippen molar-refractivity contribution in [2.45, 2.75) is 18.9 Å². The maximum Gasteiger partial charge on any atom is 0.126 e. The Morgan fingerprint density at radius 1 is 1.18 bits per heavy atom. The Balaban J connectivity index is 2.21. The van der Waals surface area contributed by atoms with Crippen LogP contribution in [0.2, 0.25) is 0 Å². The molecule has 4 heteroatoms. The molecule has 17 heavy (non-hydrogen) atoms. The Morgan fingerprint density at radius 3 is 2.29 bits per heavy atom. The number of benzene rings is 1. The summed E-state index contributed by atoms with van der Waals surface area (Å²) in [5.41, 5.74) is 0.678. The van der Waals surface area contributed by atoms with Crippen LogP contribution in [0.3, 0.4) is 0 Å². The maximum atomic E-state index is 13.2. The second-order valence-corrected chi connectivity index (χ2v) is 4.42. The molecule has 0 bridgehead atoms. The normalized spacial score (nSPS) is 19.2. The Morgan fingerprint density at radius 2 is 1.76 bits per heavy atom. The van der Waals surface area contributed by atoms with E-state index in [9.17, 15) is 8.78 Å². The maximum absolute atomic E-state index is 13.2. The number of rotatable bonds is 3. The summed E-state index contributed by atoms with van der Waals surface area (Å²) < 4.78 is 31.7. The summed E-state index contributed by atoms with van der Waals surface area (Å²) in [6.07, 6.45) is 1.84. The first kappa shape index (κ1) is 12.5. The van der Waals surface area contributed by atoms with E-state index in [2.05, 4.69) is 5.32 Å². The van der Waals surface area contributed by atoms with E-state index < -0.39 is 11.6 Å². The van der Waals surface area contributed by atoms with Gasteiger partial charge in [-0.2, -0.15) is 0 Å². The van der Waals surface area contributed by atoms with Crippen LogP contribution in [0.15, 0.2) is 18.2 Å². The van der Waals surface area contributed by atoms with Crippen LogP contribution in [0.1, 0.15) is 24.4 Å². The molecule has 0 aromatic heterocycles. The lowest BCUT2D eigenvalue weighted by atomic mass is 9.87. The van der Waals surface area contributed by atoms with Gasteiger partial charge in [0.25, 0.3) is 0 Å². The zero-order valence-corrected chi connectivity index (χ0v) is 9.88. The number of nitrogens with one attached hydrogen (secondary N) is 1. The van der Waals surface area contributed by atoms with Crippen LogP contribution in [0, 0.1) is 17.6 Å². The van der Waals surface area contributed by atoms with E-state index in [-0.39, 0.29) is 6.04 Å². The van der Waals surface area contributed by atoms with E-state index >= 15 is 0 Å². The molecule has 1 unspecified atom stereocenters. The molecular weight excluding hydrogens is 224 g/mol. The highest BCUT2D eigenvalue weighted by molar-refractivity contribution is 5.22. The van der Waals surface area contributed by atoms with Crippen molar-refractivity contribution in [3.8, 4) is 0 Å². The van der Waals surface area contributed by atoms with Gasteiger partial charge in [0.1, 0.15) is 11.6 Å². The van der Waals surface area contributed by atoms with Gasteiger partial charge in [0.15, 0.2) is 0 Å². The SMILES string of the molecule is CNC(c1cc(F)cc(F)c1)C1CCOCC1. The quantitative estimate of drug-likeness (QED) is 0.878. The number of ether oxygens (including phenoxy) is 1. The molecule has 1 atom stereocenters. The van der Waals surface area contributed by atoms with Crippen molar-refractivity contribution in [1.82, 2.24) is 5.32 Å². The zero-order chi connectivity index (χ0) is 12.3. The Kier molecular flexibility index (Phi) is 4.07. The van der Waals surface area contributed by atoms with Crippen LogP contribution in [0.25, 0.3) is 0 Å². The third-order valence-corrected chi connectivity index (χ3v) is 3.29. The van der Waals surface area contributed by atoms with Gasteiger partial charge in [-0.1, -0.05) is 0 Å². The van der Waals surface area contributed by atoms with Gasteiger partial charge in [-0.05, 0) is 43.5 Å². The molecule has 0 aliphatic carbocycles. The van der Waals surface area contributed by atoms with Crippen LogP contribution in [-0.4, -0.2) is 20.3 Å². The molecule has 0 spiro atoms. The van der Waals surface area contributed by atoms with Crippen LogP contribution in [-0.2, 0) is 4.74 Å². The van der Waals surface area contributed by atoms with Crippen molar-refractivity contribution < 1.29 is 13.5 Å². The number of hydrogen-bond acceptors (Lipinski definition) is 2. The van der Waals surface area contributed by atoms with Gasteiger partial charge in [-0.3, -0.25) is 0 Å². The first-order chi connectivity index (χ1) is 8.20. The van der Waals surface area contributed by atoms with Gasteiger partial charge < -0.3 is 10.1 Å². The van der Waals surface area contributed by atoms with Crippen LogP contribution >= 0.6 is 0 Å². The average molecular weight is 241 g/mol. The minimum absolute atomic E-state index is 0.0101. The Labute approximate surface area is 100.0 Å². The molecule has 94 valence electrons. The highest BCUT2D eigenvalue weighted by atomic mass is 19.1. The summed E-state index contributed by atoms with van der Waals surface area (Å²) >= 11 is 0. The monoisotopic (exact) mass is 241 g/mol. The van der Waals surface area contributed by atoms with Crippen molar-refractivity contribution >= 4 is 0 Å². The smallest absolute Gasteiger partial charge is 0.126 e. The van der Waals surface area contributed by atoms with Gasteiger partial charge >= 0.3 is 0 Å². The third-order valence-electron chi connectivity index (χ3n) is 3.29. The second kappa shape index (κ2) is 5.56. The lowest BCUT2D eigenvalue weighted by molar-refractivity contribution is 0.0545. The molecule has 1 aliphatic rings. The van der Waals surface area contributed by atoms with E-state index in [1.54, 1.807) is 0 Å². The number of halogens is 2. The lowest BCUT2D eigenvalue weighted by Gasteiger charge is -2.30. The minimum atomic E-state index is -0.521. The minimum Gasteiger partial charge on any atom is -0.381 e. The summed E-state index contributed by atoms with van der Waals surface area (Å²) in [6.45, 7) is 1.45. The van der Waals surface area contributed by atoms with Crippen LogP contribution < -0.4 is 5.32 Å². The van der Waals surface area contributed by atoms with E-state index in [1.807, 2.05) is 7.05 Å². The molecule has 2 rings (SSSR count). The van der Waals surface area contributed by atoms with Crippen molar-refractivity contribution in [2.75, 3.05) is 20.3 Å². The summed E-state index contributed by atoms with van der Waals surface area (Å²) in [5.74, 6) is -0.672. The average Bonchev–Trinajstić information content (AvgIpc) is 2.30. The summed E-state index contributed by atoms with van der Waals surface area (Å²) in [4.78, 5) is 0. The molecule has 1 N–H and O–H groups in total. The van der Waals surface area contributed by atoms with Gasteiger partial charge in [-0.15, -0.1) is 0 Å². The van der Waals surface area contributed by atoms with Gasteiger partial charge in [0.2, 0.25) is 0 Å². The van der Waals surface area contributed by atoms with Crippen LogP contribution in [0.4, 0.5) is 8.78 Å². The fourth-order valence-corrected chi connectivity index (χ4v) is 2.48. The molecule has 1 aromatic carbocycles. The molecule has 0 amide bonds. The molecule has 0 radical (unpaired) electrons. The molecule has 1 saturated heterocycles. The standard InChI is InChI=1S/C13H17F2NO/c1-16-13(9-2-4-17-5-3-9)10-6-11(14)8-12(15)7-10/h6-9,13,16H,2-5H2,1H3. The lowest BCUT2D eigenvalue weighted by Crippen LogP contribution is -2.30. The fourth-order valence-electron chi connectivity index (χ4n) is 2.48. The van der Waals surface area contributed by atoms with Gasteiger partial charge in [0, 0.05) is 25.3 Å². The van der Waals surface area contributed by atoms with Crippen molar-refractivity contribution in [3.63, 3.8) is 0 Å². The van der Waals surface area contributed by atoms with E-state index in [0.717, 1.165) is 32.1 Å². The molecule has 1 aromatic rings. The Bertz CT molecular complexity index is 357. The predicted octanol–water partition coefficient (Wildman–Crippen LogP) is 2.65. The first-order valence-electron chi connectivity index (χ1n) is 5.91. The predicted molar refractivity (Wildman–Crippen MR) is 61.7 cm³/mol. The highest BCUT2D eigenvalue weighted by Crippen LogP contribution is 2.30. The van der Waals surface area contributed by atoms with Crippen molar-refractivity contribution in [1.29, 1.82) is 0 Å². The van der Waals surface area contributed by atoms with E-state index in [0.29, 0.717) is 11.5 Å². The summed E-state index contributed by atoms with van der Waals surface area (Å²) in [5, 5.41) is 3.15. The zero-order valence-electron chi connectivity index (χ0n) is 9.88. The largest absolute Gasteiger partial charge is 0.381 e. The molecular formula is C13H17F2NO. The van der Waals surface area contributed by atoms with E-state index in [4.69, 9.17) is 4.74 Å².